The van der Waals surface area contributed by atoms with Gasteiger partial charge in [-0.3, -0.25) is 0 Å². The molecule has 0 N–H and O–H groups in total. The Morgan fingerprint density at radius 3 is 2.10 bits per heavy atom. The molecule has 0 saturated heterocycles. The van der Waals surface area contributed by atoms with E-state index in [1.54, 1.807) is 0 Å². The highest BCUT2D eigenvalue weighted by molar-refractivity contribution is 7.41. The first-order valence-corrected chi connectivity index (χ1v) is 4.28. The van der Waals surface area contributed by atoms with Crippen LogP contribution in [0.2, 0.25) is 0 Å². The summed E-state index contributed by atoms with van der Waals surface area (Å²) in [5, 5.41) is 0. The van der Waals surface area contributed by atoms with Gasteiger partial charge >= 0.3 is 8.60 Å². The maximum absolute atomic E-state index is 5.07. The van der Waals surface area contributed by atoms with E-state index in [9.17, 15) is 0 Å². The molecule has 0 fully saturated rings. The van der Waals surface area contributed by atoms with Gasteiger partial charge in [0.1, 0.15) is 0 Å². The Morgan fingerprint density at radius 2 is 1.80 bits per heavy atom. The standard InChI is InChI=1S/C6H13O3P/c1-4-7-10(8-5-2)9-6-3/h4H,1,5-6H2,2-3H3. The Labute approximate surface area is 63.0 Å². The van der Waals surface area contributed by atoms with Crippen molar-refractivity contribution in [3.8, 4) is 0 Å². The van der Waals surface area contributed by atoms with Gasteiger partial charge in [-0.15, -0.1) is 0 Å². The minimum atomic E-state index is -1.18. The molecule has 3 nitrogen and oxygen atoms in total. The van der Waals surface area contributed by atoms with Gasteiger partial charge in [0.05, 0.1) is 19.5 Å². The second kappa shape index (κ2) is 7.00. The van der Waals surface area contributed by atoms with Gasteiger partial charge in [-0.25, -0.2) is 0 Å². The van der Waals surface area contributed by atoms with Crippen LogP contribution in [0.3, 0.4) is 0 Å². The maximum atomic E-state index is 5.07. The zero-order valence-corrected chi connectivity index (χ0v) is 7.27. The van der Waals surface area contributed by atoms with E-state index in [0.717, 1.165) is 0 Å². The van der Waals surface area contributed by atoms with Crippen molar-refractivity contribution in [2.75, 3.05) is 13.2 Å². The van der Waals surface area contributed by atoms with E-state index in [1.807, 2.05) is 13.8 Å². The van der Waals surface area contributed by atoms with E-state index in [-0.39, 0.29) is 0 Å². The average molecular weight is 164 g/mol. The topological polar surface area (TPSA) is 27.7 Å². The molecule has 0 aromatic rings. The van der Waals surface area contributed by atoms with Crippen LogP contribution in [0, 0.1) is 0 Å². The first-order valence-electron chi connectivity index (χ1n) is 3.18. The molecule has 4 heteroatoms. The van der Waals surface area contributed by atoms with E-state index in [2.05, 4.69) is 6.58 Å². The number of hydrogen-bond acceptors (Lipinski definition) is 3. The van der Waals surface area contributed by atoms with Gasteiger partial charge in [0, 0.05) is 0 Å². The fourth-order valence-electron chi connectivity index (χ4n) is 0.370. The van der Waals surface area contributed by atoms with E-state index in [0.29, 0.717) is 13.2 Å². The van der Waals surface area contributed by atoms with Gasteiger partial charge in [0.25, 0.3) is 0 Å². The maximum Gasteiger partial charge on any atom is 0.396 e. The molecule has 0 spiro atoms. The third kappa shape index (κ3) is 4.74. The minimum absolute atomic E-state index is 0.597. The average Bonchev–Trinajstić information content (AvgIpc) is 1.90. The molecule has 0 heterocycles. The largest absolute Gasteiger partial charge is 0.435 e. The first-order chi connectivity index (χ1) is 4.85. The molecule has 0 aliphatic rings. The predicted molar refractivity (Wildman–Crippen MR) is 41.5 cm³/mol. The third-order valence-corrected chi connectivity index (χ3v) is 1.89. The van der Waals surface area contributed by atoms with Gasteiger partial charge in [-0.2, -0.15) is 0 Å². The summed E-state index contributed by atoms with van der Waals surface area (Å²) in [6.07, 6.45) is 1.33. The number of rotatable bonds is 6. The third-order valence-electron chi connectivity index (χ3n) is 0.630. The van der Waals surface area contributed by atoms with Crippen LogP contribution in [-0.4, -0.2) is 13.2 Å². The summed E-state index contributed by atoms with van der Waals surface area (Å²) in [7, 11) is -1.18. The van der Waals surface area contributed by atoms with Crippen molar-refractivity contribution in [3.63, 3.8) is 0 Å². The molecule has 0 saturated carbocycles. The van der Waals surface area contributed by atoms with E-state index < -0.39 is 8.60 Å². The Kier molecular flexibility index (Phi) is 6.93. The molecule has 0 aromatic carbocycles. The van der Waals surface area contributed by atoms with Crippen molar-refractivity contribution >= 4 is 8.60 Å². The molecule has 0 aromatic heterocycles. The summed E-state index contributed by atoms with van der Waals surface area (Å²) >= 11 is 0. The second-order valence-electron chi connectivity index (χ2n) is 1.33. The summed E-state index contributed by atoms with van der Waals surface area (Å²) in [6.45, 7) is 8.37. The quantitative estimate of drug-likeness (QED) is 0.445. The smallest absolute Gasteiger partial charge is 0.396 e. The minimum Gasteiger partial charge on any atom is -0.435 e. The van der Waals surface area contributed by atoms with Crippen LogP contribution in [0.4, 0.5) is 0 Å². The second-order valence-corrected chi connectivity index (χ2v) is 2.51. The lowest BCUT2D eigenvalue weighted by Gasteiger charge is -2.11. The van der Waals surface area contributed by atoms with Crippen LogP contribution in [0.5, 0.6) is 0 Å². The van der Waals surface area contributed by atoms with E-state index in [4.69, 9.17) is 13.6 Å². The molecular weight excluding hydrogens is 151 g/mol. The highest BCUT2D eigenvalue weighted by atomic mass is 31.2. The highest BCUT2D eigenvalue weighted by Gasteiger charge is 2.08. The van der Waals surface area contributed by atoms with Gasteiger partial charge in [0.2, 0.25) is 0 Å². The molecule has 0 radical (unpaired) electrons. The zero-order valence-electron chi connectivity index (χ0n) is 6.37. The van der Waals surface area contributed by atoms with Crippen LogP contribution in [0.1, 0.15) is 13.8 Å². The van der Waals surface area contributed by atoms with Gasteiger partial charge < -0.3 is 13.6 Å². The fourth-order valence-corrected chi connectivity index (χ4v) is 1.11. The van der Waals surface area contributed by atoms with Crippen LogP contribution >= 0.6 is 8.60 Å². The summed E-state index contributed by atoms with van der Waals surface area (Å²) in [5.74, 6) is 0. The lowest BCUT2D eigenvalue weighted by molar-refractivity contribution is 0.207. The van der Waals surface area contributed by atoms with Crippen LogP contribution in [0.25, 0.3) is 0 Å². The molecule has 0 amide bonds. The summed E-state index contributed by atoms with van der Waals surface area (Å²) in [6, 6.07) is 0. The Bertz CT molecular complexity index is 81.1. The van der Waals surface area contributed by atoms with Crippen LogP contribution in [0.15, 0.2) is 12.8 Å². The van der Waals surface area contributed by atoms with Crippen LogP contribution < -0.4 is 0 Å². The summed E-state index contributed by atoms with van der Waals surface area (Å²) in [5.41, 5.74) is 0. The molecule has 60 valence electrons. The fraction of sp³-hybridized carbons (Fsp3) is 0.667. The molecule has 0 bridgehead atoms. The van der Waals surface area contributed by atoms with Gasteiger partial charge in [0.15, 0.2) is 0 Å². The molecule has 0 rings (SSSR count). The zero-order chi connectivity index (χ0) is 7.82. The molecule has 0 atom stereocenters. The van der Waals surface area contributed by atoms with Crippen molar-refractivity contribution in [2.45, 2.75) is 13.8 Å². The monoisotopic (exact) mass is 164 g/mol. The number of hydrogen-bond donors (Lipinski definition) is 0. The molecule has 0 aliphatic carbocycles. The Hall–Kier alpha value is -0.110. The predicted octanol–water partition coefficient (Wildman–Crippen LogP) is 2.45. The molecule has 0 aliphatic heterocycles. The van der Waals surface area contributed by atoms with Crippen molar-refractivity contribution in [2.24, 2.45) is 0 Å². The molecule has 0 unspecified atom stereocenters. The lowest BCUT2D eigenvalue weighted by atomic mass is 10.9. The van der Waals surface area contributed by atoms with E-state index in [1.165, 1.54) is 6.26 Å². The van der Waals surface area contributed by atoms with Crippen molar-refractivity contribution in [1.29, 1.82) is 0 Å². The summed E-state index contributed by atoms with van der Waals surface area (Å²) in [4.78, 5) is 0. The normalized spacial score (nSPS) is 9.90. The highest BCUT2D eigenvalue weighted by Crippen LogP contribution is 2.39. The molecule has 10 heavy (non-hydrogen) atoms. The van der Waals surface area contributed by atoms with Crippen molar-refractivity contribution in [1.82, 2.24) is 0 Å². The van der Waals surface area contributed by atoms with E-state index >= 15 is 0 Å². The first kappa shape index (κ1) is 9.89. The van der Waals surface area contributed by atoms with Crippen molar-refractivity contribution in [3.05, 3.63) is 12.8 Å². The summed E-state index contributed by atoms with van der Waals surface area (Å²) < 4.78 is 15.1. The van der Waals surface area contributed by atoms with Crippen molar-refractivity contribution < 1.29 is 13.6 Å². The van der Waals surface area contributed by atoms with Gasteiger partial charge in [-0.05, 0) is 13.8 Å². The van der Waals surface area contributed by atoms with Gasteiger partial charge in [-0.1, -0.05) is 6.58 Å². The lowest BCUT2D eigenvalue weighted by Crippen LogP contribution is -1.90. The SMILES string of the molecule is C=COP(OCC)OCC. The molecular formula is C6H13O3P. The Morgan fingerprint density at radius 1 is 1.30 bits per heavy atom. The Balaban J connectivity index is 3.38. The van der Waals surface area contributed by atoms with Crippen LogP contribution in [-0.2, 0) is 13.6 Å².